The molecule has 2 heterocycles. The number of methoxy groups -OCH3 is 2. The van der Waals surface area contributed by atoms with Crippen molar-refractivity contribution in [1.29, 1.82) is 0 Å². The second-order valence-corrected chi connectivity index (χ2v) is 12.0. The van der Waals surface area contributed by atoms with E-state index in [9.17, 15) is 9.59 Å². The molecule has 2 aromatic carbocycles. The van der Waals surface area contributed by atoms with Gasteiger partial charge in [0.05, 0.1) is 36.1 Å². The van der Waals surface area contributed by atoms with Gasteiger partial charge in [-0.2, -0.15) is 4.57 Å². The first-order valence-electron chi connectivity index (χ1n) is 13.9. The van der Waals surface area contributed by atoms with Gasteiger partial charge in [0.2, 0.25) is 5.52 Å². The Morgan fingerprint density at radius 1 is 0.976 bits per heavy atom. The molecule has 0 spiro atoms. The van der Waals surface area contributed by atoms with Crippen LogP contribution in [-0.4, -0.2) is 32.7 Å². The van der Waals surface area contributed by atoms with Crippen molar-refractivity contribution >= 4 is 57.0 Å². The molecule has 1 aromatic heterocycles. The van der Waals surface area contributed by atoms with E-state index in [0.717, 1.165) is 63.2 Å². The fraction of sp³-hybridized carbons (Fsp3) is 0.303. The number of hydrogen-bond acceptors (Lipinski definition) is 7. The van der Waals surface area contributed by atoms with Crippen LogP contribution in [0.2, 0.25) is 0 Å². The number of aryl methyl sites for hydroxylation is 1. The molecule has 0 atom stereocenters. The van der Waals surface area contributed by atoms with Gasteiger partial charge < -0.3 is 14.4 Å². The number of rotatable bonds is 7. The predicted molar refractivity (Wildman–Crippen MR) is 167 cm³/mol. The molecule has 6 nitrogen and oxygen atoms in total. The van der Waals surface area contributed by atoms with E-state index < -0.39 is 0 Å². The lowest BCUT2D eigenvalue weighted by molar-refractivity contribution is -0.665. The van der Waals surface area contributed by atoms with Crippen molar-refractivity contribution in [3.8, 4) is 0 Å². The van der Waals surface area contributed by atoms with Crippen LogP contribution in [0.1, 0.15) is 65.8 Å². The minimum atomic E-state index is -0.317. The maximum atomic E-state index is 12.1. The zero-order valence-electron chi connectivity index (χ0n) is 24.2. The van der Waals surface area contributed by atoms with Gasteiger partial charge in [-0.1, -0.05) is 35.3 Å². The second kappa shape index (κ2) is 12.5. The summed E-state index contributed by atoms with van der Waals surface area (Å²) in [5.74, 6) is -0.633. The van der Waals surface area contributed by atoms with Crippen molar-refractivity contribution < 1.29 is 23.6 Å². The Labute approximate surface area is 249 Å². The highest BCUT2D eigenvalue weighted by Gasteiger charge is 2.25. The third-order valence-corrected chi connectivity index (χ3v) is 9.91. The molecule has 0 N–H and O–H groups in total. The van der Waals surface area contributed by atoms with Crippen LogP contribution in [0.4, 0.5) is 5.69 Å². The fourth-order valence-corrected chi connectivity index (χ4v) is 7.62. The lowest BCUT2D eigenvalue weighted by Gasteiger charge is -2.20. The van der Waals surface area contributed by atoms with Gasteiger partial charge in [-0.3, -0.25) is 0 Å². The summed E-state index contributed by atoms with van der Waals surface area (Å²) >= 11 is 3.47. The Kier molecular flexibility index (Phi) is 8.80. The normalized spacial score (nSPS) is 17.2. The van der Waals surface area contributed by atoms with Crippen molar-refractivity contribution in [2.24, 2.45) is 0 Å². The number of hydrogen-bond donors (Lipinski definition) is 0. The molecule has 0 saturated carbocycles. The topological polar surface area (TPSA) is 59.7 Å². The third kappa shape index (κ3) is 5.76. The molecule has 0 radical (unpaired) electrons. The minimum absolute atomic E-state index is 0.317. The van der Waals surface area contributed by atoms with Crippen molar-refractivity contribution in [3.63, 3.8) is 0 Å². The number of anilines is 1. The summed E-state index contributed by atoms with van der Waals surface area (Å²) in [5, 5.41) is 2.32. The standard InChI is InChI=1S/C33H35N2O4S2/c1-6-34-26-19-24(32(36)38-4)11-15-28(26)40-30(34)17-13-22-9-8-10-23(21(22)3)14-18-31-35(7-2)27-20-25(33(37)39-5)12-16-29(27)41-31/h11-20H,6-10H2,1-5H3/q+1. The van der Waals surface area contributed by atoms with E-state index in [-0.39, 0.29) is 11.9 Å². The van der Waals surface area contributed by atoms with Crippen LogP contribution in [-0.2, 0) is 16.0 Å². The molecule has 8 heteroatoms. The lowest BCUT2D eigenvalue weighted by atomic mass is 9.88. The van der Waals surface area contributed by atoms with E-state index in [1.54, 1.807) is 23.1 Å². The first-order valence-corrected chi connectivity index (χ1v) is 15.5. The molecule has 212 valence electrons. The molecule has 41 heavy (non-hydrogen) atoms. The molecule has 0 amide bonds. The SMILES string of the molecule is CCN1/C(=C/C=C2/CCCC(/C=C/c3sc4ccc(C(=O)OC)cc4[n+]3CC)=C2C)Sc2ccc(C(=O)OC)cc21. The van der Waals surface area contributed by atoms with Gasteiger partial charge in [0, 0.05) is 23.6 Å². The highest BCUT2D eigenvalue weighted by atomic mass is 32.2. The van der Waals surface area contributed by atoms with Gasteiger partial charge in [0.1, 0.15) is 11.2 Å². The van der Waals surface area contributed by atoms with Crippen molar-refractivity contribution in [1.82, 2.24) is 0 Å². The van der Waals surface area contributed by atoms with Gasteiger partial charge in [0.15, 0.2) is 0 Å². The van der Waals surface area contributed by atoms with Crippen LogP contribution >= 0.6 is 23.1 Å². The van der Waals surface area contributed by atoms with Crippen molar-refractivity contribution in [2.45, 2.75) is 51.5 Å². The van der Waals surface area contributed by atoms with Gasteiger partial charge >= 0.3 is 11.9 Å². The summed E-state index contributed by atoms with van der Waals surface area (Å²) in [7, 11) is 2.82. The Bertz CT molecular complexity index is 1640. The lowest BCUT2D eigenvalue weighted by Crippen LogP contribution is -2.33. The molecule has 1 aliphatic heterocycles. The average Bonchev–Trinajstić information content (AvgIpc) is 3.54. The molecular weight excluding hydrogens is 553 g/mol. The van der Waals surface area contributed by atoms with Gasteiger partial charge in [-0.15, -0.1) is 0 Å². The van der Waals surface area contributed by atoms with Gasteiger partial charge in [-0.05, 0) is 93.2 Å². The van der Waals surface area contributed by atoms with E-state index in [4.69, 9.17) is 9.47 Å². The van der Waals surface area contributed by atoms with E-state index in [2.05, 4.69) is 54.5 Å². The average molecular weight is 588 g/mol. The summed E-state index contributed by atoms with van der Waals surface area (Å²) in [4.78, 5) is 27.5. The van der Waals surface area contributed by atoms with Crippen LogP contribution in [0, 0.1) is 0 Å². The van der Waals surface area contributed by atoms with Crippen LogP contribution in [0.25, 0.3) is 16.3 Å². The number of ether oxygens (including phenoxy) is 2. The van der Waals surface area contributed by atoms with Crippen molar-refractivity contribution in [3.05, 3.63) is 92.5 Å². The zero-order valence-corrected chi connectivity index (χ0v) is 25.8. The molecule has 5 rings (SSSR count). The fourth-order valence-electron chi connectivity index (χ4n) is 5.40. The number of benzene rings is 2. The molecule has 0 unspecified atom stereocenters. The smallest absolute Gasteiger partial charge is 0.338 e. The Balaban J connectivity index is 1.41. The monoisotopic (exact) mass is 587 g/mol. The van der Waals surface area contributed by atoms with Crippen LogP contribution in [0.3, 0.4) is 0 Å². The number of thioether (sulfide) groups is 1. The van der Waals surface area contributed by atoms with Crippen LogP contribution in [0.5, 0.6) is 0 Å². The van der Waals surface area contributed by atoms with Crippen LogP contribution < -0.4 is 9.47 Å². The molecule has 0 saturated heterocycles. The second-order valence-electron chi connectivity index (χ2n) is 9.91. The summed E-state index contributed by atoms with van der Waals surface area (Å²) in [6.45, 7) is 8.11. The maximum absolute atomic E-state index is 12.1. The molecule has 2 aliphatic rings. The summed E-state index contributed by atoms with van der Waals surface area (Å²) in [6.07, 6.45) is 12.2. The molecule has 0 fully saturated rings. The summed E-state index contributed by atoms with van der Waals surface area (Å²) < 4.78 is 13.2. The highest BCUT2D eigenvalue weighted by molar-refractivity contribution is 8.03. The van der Waals surface area contributed by atoms with E-state index in [1.807, 2.05) is 36.4 Å². The number of fused-ring (bicyclic) bond motifs is 2. The Morgan fingerprint density at radius 3 is 2.41 bits per heavy atom. The van der Waals surface area contributed by atoms with Crippen molar-refractivity contribution in [2.75, 3.05) is 25.7 Å². The number of carbonyl (C=O) groups excluding carboxylic acids is 2. The number of carbonyl (C=O) groups is 2. The number of esters is 2. The van der Waals surface area contributed by atoms with Crippen LogP contribution in [0.15, 0.2) is 81.3 Å². The zero-order chi connectivity index (χ0) is 29.1. The van der Waals surface area contributed by atoms with E-state index in [1.165, 1.54) is 30.9 Å². The third-order valence-electron chi connectivity index (χ3n) is 7.64. The molecular formula is C33H35N2O4S2+. The first kappa shape index (κ1) is 28.9. The van der Waals surface area contributed by atoms with E-state index in [0.29, 0.717) is 11.1 Å². The number of allylic oxidation sites excluding steroid dienone is 6. The highest BCUT2D eigenvalue weighted by Crippen LogP contribution is 2.46. The minimum Gasteiger partial charge on any atom is -0.465 e. The molecule has 1 aliphatic carbocycles. The molecule has 0 bridgehead atoms. The van der Waals surface area contributed by atoms with Gasteiger partial charge in [0.25, 0.3) is 5.01 Å². The molecule has 3 aromatic rings. The summed E-state index contributed by atoms with van der Waals surface area (Å²) in [6, 6.07) is 11.5. The van der Waals surface area contributed by atoms with Gasteiger partial charge in [-0.25, -0.2) is 9.59 Å². The Morgan fingerprint density at radius 2 is 1.71 bits per heavy atom. The number of thiazole rings is 1. The maximum Gasteiger partial charge on any atom is 0.338 e. The quantitative estimate of drug-likeness (QED) is 0.209. The number of aromatic nitrogens is 1. The predicted octanol–water partition coefficient (Wildman–Crippen LogP) is 7.70. The largest absolute Gasteiger partial charge is 0.465 e. The van der Waals surface area contributed by atoms with E-state index >= 15 is 0 Å². The number of nitrogens with zero attached hydrogens (tertiary/aromatic N) is 2. The summed E-state index contributed by atoms with van der Waals surface area (Å²) in [5.41, 5.74) is 7.28. The Hall–Kier alpha value is -3.62. The first-order chi connectivity index (χ1) is 19.9.